The highest BCUT2D eigenvalue weighted by Gasteiger charge is 2.09. The lowest BCUT2D eigenvalue weighted by Gasteiger charge is -2.08. The van der Waals surface area contributed by atoms with Crippen molar-refractivity contribution in [3.05, 3.63) is 46.3 Å². The molecule has 0 atom stereocenters. The van der Waals surface area contributed by atoms with Crippen LogP contribution in [0, 0.1) is 25.2 Å². The molecule has 0 spiro atoms. The monoisotopic (exact) mass is 286 g/mol. The van der Waals surface area contributed by atoms with Crippen LogP contribution in [0.15, 0.2) is 29.6 Å². The minimum Gasteiger partial charge on any atom is -0.484 e. The number of nitrogens with one attached hydrogen (secondary N) is 1. The van der Waals surface area contributed by atoms with Gasteiger partial charge in [-0.1, -0.05) is 6.07 Å². The molecule has 102 valence electrons. The number of amides is 1. The largest absolute Gasteiger partial charge is 0.484 e. The minimum atomic E-state index is -0.275. The second-order valence-electron chi connectivity index (χ2n) is 4.44. The number of nitrogens with zero attached hydrogens (tertiary/aromatic N) is 1. The number of benzene rings is 1. The van der Waals surface area contributed by atoms with Gasteiger partial charge in [-0.3, -0.25) is 4.79 Å². The van der Waals surface area contributed by atoms with Crippen molar-refractivity contribution in [2.75, 3.05) is 11.9 Å². The highest BCUT2D eigenvalue weighted by Crippen LogP contribution is 2.22. The molecule has 1 amide bonds. The van der Waals surface area contributed by atoms with Crippen molar-refractivity contribution in [2.24, 2.45) is 0 Å². The SMILES string of the molecule is Cc1cc(C)cc(OCC(=O)Nc2sccc2C#N)c1. The van der Waals surface area contributed by atoms with Crippen LogP contribution in [0.25, 0.3) is 0 Å². The molecule has 1 aromatic heterocycles. The summed E-state index contributed by atoms with van der Waals surface area (Å²) >= 11 is 1.32. The highest BCUT2D eigenvalue weighted by molar-refractivity contribution is 7.14. The van der Waals surface area contributed by atoms with Gasteiger partial charge in [-0.15, -0.1) is 11.3 Å². The Labute approximate surface area is 121 Å². The molecule has 0 aliphatic rings. The van der Waals surface area contributed by atoms with Crippen molar-refractivity contribution in [3.63, 3.8) is 0 Å². The number of rotatable bonds is 4. The fourth-order valence-corrected chi connectivity index (χ4v) is 2.58. The Balaban J connectivity index is 1.94. The maximum absolute atomic E-state index is 11.8. The van der Waals surface area contributed by atoms with E-state index >= 15 is 0 Å². The molecule has 0 saturated carbocycles. The molecule has 2 aromatic rings. The molecule has 4 nitrogen and oxygen atoms in total. The van der Waals surface area contributed by atoms with Crippen molar-refractivity contribution in [1.29, 1.82) is 5.26 Å². The first kappa shape index (κ1) is 14.1. The van der Waals surface area contributed by atoms with Gasteiger partial charge >= 0.3 is 0 Å². The van der Waals surface area contributed by atoms with Crippen molar-refractivity contribution in [2.45, 2.75) is 13.8 Å². The van der Waals surface area contributed by atoms with Gasteiger partial charge in [0.15, 0.2) is 6.61 Å². The van der Waals surface area contributed by atoms with Crippen LogP contribution in [0.2, 0.25) is 0 Å². The van der Waals surface area contributed by atoms with E-state index in [1.165, 1.54) is 11.3 Å². The van der Waals surface area contributed by atoms with Gasteiger partial charge in [0.05, 0.1) is 5.56 Å². The van der Waals surface area contributed by atoms with E-state index in [1.54, 1.807) is 11.4 Å². The van der Waals surface area contributed by atoms with Gasteiger partial charge in [0.1, 0.15) is 16.8 Å². The lowest BCUT2D eigenvalue weighted by Crippen LogP contribution is -2.20. The quantitative estimate of drug-likeness (QED) is 0.938. The second-order valence-corrected chi connectivity index (χ2v) is 5.35. The number of anilines is 1. The van der Waals surface area contributed by atoms with E-state index in [0.29, 0.717) is 16.3 Å². The number of carbonyl (C=O) groups is 1. The molecule has 20 heavy (non-hydrogen) atoms. The van der Waals surface area contributed by atoms with Crippen LogP contribution < -0.4 is 10.1 Å². The minimum absolute atomic E-state index is 0.0777. The zero-order valence-electron chi connectivity index (χ0n) is 11.3. The molecule has 1 aromatic carbocycles. The Morgan fingerprint density at radius 1 is 1.35 bits per heavy atom. The van der Waals surface area contributed by atoms with Gasteiger partial charge in [-0.2, -0.15) is 5.26 Å². The third-order valence-electron chi connectivity index (χ3n) is 2.60. The van der Waals surface area contributed by atoms with Gasteiger partial charge in [-0.05, 0) is 48.6 Å². The number of nitriles is 1. The van der Waals surface area contributed by atoms with Crippen molar-refractivity contribution >= 4 is 22.2 Å². The molecule has 1 N–H and O–H groups in total. The average Bonchev–Trinajstić information content (AvgIpc) is 2.82. The molecule has 2 rings (SSSR count). The molecular formula is C15H14N2O2S. The molecule has 0 aliphatic heterocycles. The van der Waals surface area contributed by atoms with Gasteiger partial charge in [0.25, 0.3) is 5.91 Å². The number of carbonyl (C=O) groups excluding carboxylic acids is 1. The van der Waals surface area contributed by atoms with Crippen LogP contribution in [-0.4, -0.2) is 12.5 Å². The van der Waals surface area contributed by atoms with Crippen LogP contribution in [0.3, 0.4) is 0 Å². The fourth-order valence-electron chi connectivity index (χ4n) is 1.82. The Morgan fingerprint density at radius 3 is 2.70 bits per heavy atom. The van der Waals surface area contributed by atoms with Crippen molar-refractivity contribution in [3.8, 4) is 11.8 Å². The zero-order valence-corrected chi connectivity index (χ0v) is 12.1. The molecule has 0 unspecified atom stereocenters. The van der Waals surface area contributed by atoms with E-state index < -0.39 is 0 Å². The lowest BCUT2D eigenvalue weighted by molar-refractivity contribution is -0.118. The number of hydrogen-bond donors (Lipinski definition) is 1. The van der Waals surface area contributed by atoms with E-state index in [-0.39, 0.29) is 12.5 Å². The Hall–Kier alpha value is -2.32. The average molecular weight is 286 g/mol. The van der Waals surface area contributed by atoms with Crippen molar-refractivity contribution in [1.82, 2.24) is 0 Å². The van der Waals surface area contributed by atoms with Crippen LogP contribution >= 0.6 is 11.3 Å². The topological polar surface area (TPSA) is 62.1 Å². The Bertz CT molecular complexity index is 651. The van der Waals surface area contributed by atoms with Crippen molar-refractivity contribution < 1.29 is 9.53 Å². The molecule has 0 bridgehead atoms. The predicted molar refractivity (Wildman–Crippen MR) is 79.1 cm³/mol. The molecule has 0 saturated heterocycles. The number of hydrogen-bond acceptors (Lipinski definition) is 4. The second kappa shape index (κ2) is 6.22. The summed E-state index contributed by atoms with van der Waals surface area (Å²) in [6, 6.07) is 9.50. The third-order valence-corrected chi connectivity index (χ3v) is 3.43. The summed E-state index contributed by atoms with van der Waals surface area (Å²) in [5.74, 6) is 0.396. The van der Waals surface area contributed by atoms with E-state index in [4.69, 9.17) is 10.00 Å². The summed E-state index contributed by atoms with van der Waals surface area (Å²) in [5, 5.41) is 13.9. The summed E-state index contributed by atoms with van der Waals surface area (Å²) in [7, 11) is 0. The highest BCUT2D eigenvalue weighted by atomic mass is 32.1. The molecular weight excluding hydrogens is 272 g/mol. The van der Waals surface area contributed by atoms with Crippen LogP contribution in [-0.2, 0) is 4.79 Å². The molecule has 0 fully saturated rings. The molecule has 5 heteroatoms. The first-order valence-electron chi connectivity index (χ1n) is 6.07. The maximum atomic E-state index is 11.8. The Morgan fingerprint density at radius 2 is 2.05 bits per heavy atom. The maximum Gasteiger partial charge on any atom is 0.262 e. The van der Waals surface area contributed by atoms with Gasteiger partial charge < -0.3 is 10.1 Å². The third kappa shape index (κ3) is 3.59. The summed E-state index contributed by atoms with van der Waals surface area (Å²) in [4.78, 5) is 11.8. The lowest BCUT2D eigenvalue weighted by atomic mass is 10.1. The number of thiophene rings is 1. The standard InChI is InChI=1S/C15H14N2O2S/c1-10-5-11(2)7-13(6-10)19-9-14(18)17-15-12(8-16)3-4-20-15/h3-7H,9H2,1-2H3,(H,17,18). The fraction of sp³-hybridized carbons (Fsp3) is 0.200. The van der Waals surface area contributed by atoms with E-state index in [9.17, 15) is 4.79 Å². The summed E-state index contributed by atoms with van der Waals surface area (Å²) in [6.07, 6.45) is 0. The smallest absolute Gasteiger partial charge is 0.262 e. The molecule has 0 aliphatic carbocycles. The number of ether oxygens (including phenoxy) is 1. The first-order chi connectivity index (χ1) is 9.58. The van der Waals surface area contributed by atoms with E-state index in [0.717, 1.165) is 11.1 Å². The van der Waals surface area contributed by atoms with Gasteiger partial charge in [0, 0.05) is 0 Å². The predicted octanol–water partition coefficient (Wildman–Crippen LogP) is 3.25. The summed E-state index contributed by atoms with van der Waals surface area (Å²) in [6.45, 7) is 3.88. The van der Waals surface area contributed by atoms with Gasteiger partial charge in [-0.25, -0.2) is 0 Å². The summed E-state index contributed by atoms with van der Waals surface area (Å²) in [5.41, 5.74) is 2.64. The first-order valence-corrected chi connectivity index (χ1v) is 6.95. The number of aryl methyl sites for hydroxylation is 2. The van der Waals surface area contributed by atoms with Crippen LogP contribution in [0.1, 0.15) is 16.7 Å². The summed E-state index contributed by atoms with van der Waals surface area (Å²) < 4.78 is 5.46. The van der Waals surface area contributed by atoms with Crippen LogP contribution in [0.5, 0.6) is 5.75 Å². The van der Waals surface area contributed by atoms with E-state index in [1.807, 2.05) is 38.1 Å². The van der Waals surface area contributed by atoms with Gasteiger partial charge in [0.2, 0.25) is 0 Å². The normalized spacial score (nSPS) is 9.85. The molecule has 1 heterocycles. The van der Waals surface area contributed by atoms with E-state index in [2.05, 4.69) is 5.32 Å². The van der Waals surface area contributed by atoms with Crippen LogP contribution in [0.4, 0.5) is 5.00 Å². The Kier molecular flexibility index (Phi) is 4.38. The zero-order chi connectivity index (χ0) is 14.5. The molecule has 0 radical (unpaired) electrons.